The zero-order chi connectivity index (χ0) is 12.8. The summed E-state index contributed by atoms with van der Waals surface area (Å²) in [7, 11) is 0. The molecule has 0 aliphatic heterocycles. The van der Waals surface area contributed by atoms with E-state index in [1.165, 1.54) is 18.6 Å². The molecule has 1 heterocycles. The minimum absolute atomic E-state index is 0.371. The maximum absolute atomic E-state index is 11.7. The van der Waals surface area contributed by atoms with Gasteiger partial charge < -0.3 is 11.1 Å². The number of carbonyl (C=O) groups excluding carboxylic acids is 1. The van der Waals surface area contributed by atoms with Crippen molar-refractivity contribution in [2.24, 2.45) is 5.73 Å². The van der Waals surface area contributed by atoms with Crippen LogP contribution in [-0.2, 0) is 6.54 Å². The summed E-state index contributed by atoms with van der Waals surface area (Å²) >= 11 is 0. The van der Waals surface area contributed by atoms with Crippen molar-refractivity contribution in [1.29, 1.82) is 0 Å². The number of nitrogens with two attached hydrogens (primary N) is 1. The number of hydrogen-bond donors (Lipinski definition) is 3. The highest BCUT2D eigenvalue weighted by Gasteiger charge is 2.03. The van der Waals surface area contributed by atoms with Crippen molar-refractivity contribution in [3.05, 3.63) is 48.4 Å². The summed E-state index contributed by atoms with van der Waals surface area (Å²) in [4.78, 5) is 19.5. The van der Waals surface area contributed by atoms with Crippen molar-refractivity contribution in [1.82, 2.24) is 9.97 Å². The number of nitrogens with zero attached hydrogens (tertiary/aromatic N) is 2. The van der Waals surface area contributed by atoms with Crippen LogP contribution >= 0.6 is 0 Å². The maximum atomic E-state index is 11.7. The largest absolute Gasteiger partial charge is 0.326 e. The summed E-state index contributed by atoms with van der Waals surface area (Å²) in [6, 6.07) is 6.96. The Morgan fingerprint density at radius 3 is 2.89 bits per heavy atom. The lowest BCUT2D eigenvalue weighted by atomic mass is 10.2. The molecule has 0 fully saturated rings. The van der Waals surface area contributed by atoms with E-state index in [0.29, 0.717) is 18.1 Å². The van der Waals surface area contributed by atoms with Crippen LogP contribution in [0.5, 0.6) is 0 Å². The molecule has 18 heavy (non-hydrogen) atoms. The van der Waals surface area contributed by atoms with Gasteiger partial charge in [-0.15, -0.1) is 0 Å². The maximum Gasteiger partial charge on any atom is 0.324 e. The molecule has 0 radical (unpaired) electrons. The molecule has 6 nitrogen and oxygen atoms in total. The van der Waals surface area contributed by atoms with Crippen molar-refractivity contribution < 1.29 is 4.79 Å². The van der Waals surface area contributed by atoms with Crippen LogP contribution in [0.25, 0.3) is 0 Å². The average molecular weight is 243 g/mol. The van der Waals surface area contributed by atoms with Crippen molar-refractivity contribution in [3.63, 3.8) is 0 Å². The summed E-state index contributed by atoms with van der Waals surface area (Å²) in [5, 5.41) is 5.26. The Morgan fingerprint density at radius 1 is 1.28 bits per heavy atom. The number of amides is 2. The zero-order valence-corrected chi connectivity index (χ0v) is 9.63. The van der Waals surface area contributed by atoms with Crippen molar-refractivity contribution in [2.75, 3.05) is 10.6 Å². The normalized spacial score (nSPS) is 9.83. The lowest BCUT2D eigenvalue weighted by molar-refractivity contribution is 0.262. The van der Waals surface area contributed by atoms with Gasteiger partial charge in [-0.3, -0.25) is 10.3 Å². The average Bonchev–Trinajstić information content (AvgIpc) is 2.40. The molecule has 0 unspecified atom stereocenters. The fraction of sp³-hybridized carbons (Fsp3) is 0.0833. The highest BCUT2D eigenvalue weighted by atomic mass is 16.2. The number of carbonyl (C=O) groups is 1. The van der Waals surface area contributed by atoms with Crippen LogP contribution in [0.1, 0.15) is 5.56 Å². The van der Waals surface area contributed by atoms with Crippen LogP contribution in [0.3, 0.4) is 0 Å². The molecule has 92 valence electrons. The van der Waals surface area contributed by atoms with E-state index in [1.54, 1.807) is 6.07 Å². The van der Waals surface area contributed by atoms with Crippen LogP contribution in [0.4, 0.5) is 16.3 Å². The molecular weight excluding hydrogens is 230 g/mol. The van der Waals surface area contributed by atoms with E-state index in [9.17, 15) is 4.79 Å². The minimum Gasteiger partial charge on any atom is -0.326 e. The van der Waals surface area contributed by atoms with Gasteiger partial charge in [0.1, 0.15) is 0 Å². The molecule has 0 saturated carbocycles. The van der Waals surface area contributed by atoms with Gasteiger partial charge in [-0.1, -0.05) is 12.1 Å². The van der Waals surface area contributed by atoms with Gasteiger partial charge in [-0.05, 0) is 17.7 Å². The van der Waals surface area contributed by atoms with Crippen LogP contribution in [0, 0.1) is 0 Å². The summed E-state index contributed by atoms with van der Waals surface area (Å²) in [6.07, 6.45) is 4.51. The molecular formula is C12H13N5O. The predicted molar refractivity (Wildman–Crippen MR) is 69.0 cm³/mol. The van der Waals surface area contributed by atoms with Crippen molar-refractivity contribution in [3.8, 4) is 0 Å². The fourth-order valence-corrected chi connectivity index (χ4v) is 1.42. The number of anilines is 2. The van der Waals surface area contributed by atoms with Crippen molar-refractivity contribution in [2.45, 2.75) is 6.54 Å². The number of benzene rings is 1. The Hall–Kier alpha value is -2.47. The molecule has 0 aliphatic carbocycles. The molecule has 6 heteroatoms. The standard InChI is InChI=1S/C12H13N5O/c13-7-9-2-1-3-10(6-9)16-12(18)17-11-8-14-4-5-15-11/h1-6,8H,7,13H2,(H2,15,16,17,18). The van der Waals surface area contributed by atoms with E-state index >= 15 is 0 Å². The number of hydrogen-bond acceptors (Lipinski definition) is 4. The van der Waals surface area contributed by atoms with E-state index in [4.69, 9.17) is 5.73 Å². The summed E-state index contributed by atoms with van der Waals surface area (Å²) in [5.41, 5.74) is 7.16. The van der Waals surface area contributed by atoms with Gasteiger partial charge in [0.05, 0.1) is 6.20 Å². The van der Waals surface area contributed by atoms with Crippen LogP contribution < -0.4 is 16.4 Å². The number of nitrogens with one attached hydrogen (secondary N) is 2. The molecule has 0 bridgehead atoms. The third-order valence-electron chi connectivity index (χ3n) is 2.23. The first-order valence-corrected chi connectivity index (χ1v) is 5.41. The van der Waals surface area contributed by atoms with E-state index in [1.807, 2.05) is 18.2 Å². The van der Waals surface area contributed by atoms with Gasteiger partial charge in [0, 0.05) is 24.6 Å². The third kappa shape index (κ3) is 3.26. The van der Waals surface area contributed by atoms with E-state index in [-0.39, 0.29) is 6.03 Å². The van der Waals surface area contributed by atoms with Gasteiger partial charge in [0.25, 0.3) is 0 Å². The zero-order valence-electron chi connectivity index (χ0n) is 9.63. The molecule has 1 aromatic heterocycles. The highest BCUT2D eigenvalue weighted by Crippen LogP contribution is 2.10. The monoisotopic (exact) mass is 243 g/mol. The van der Waals surface area contributed by atoms with E-state index in [2.05, 4.69) is 20.6 Å². The topological polar surface area (TPSA) is 92.9 Å². The molecule has 0 saturated heterocycles. The molecule has 2 amide bonds. The molecule has 0 atom stereocenters. The number of urea groups is 1. The first-order valence-electron chi connectivity index (χ1n) is 5.41. The van der Waals surface area contributed by atoms with Crippen LogP contribution in [0.2, 0.25) is 0 Å². The molecule has 1 aromatic carbocycles. The lowest BCUT2D eigenvalue weighted by Gasteiger charge is -2.07. The Bertz CT molecular complexity index is 529. The summed E-state index contributed by atoms with van der Waals surface area (Å²) in [6.45, 7) is 0.432. The number of aromatic nitrogens is 2. The number of rotatable bonds is 3. The van der Waals surface area contributed by atoms with Gasteiger partial charge >= 0.3 is 6.03 Å². The fourth-order valence-electron chi connectivity index (χ4n) is 1.42. The van der Waals surface area contributed by atoms with Gasteiger partial charge in [-0.25, -0.2) is 9.78 Å². The first kappa shape index (κ1) is 12.0. The summed E-state index contributed by atoms with van der Waals surface area (Å²) in [5.74, 6) is 0.393. The van der Waals surface area contributed by atoms with E-state index in [0.717, 1.165) is 5.56 Å². The highest BCUT2D eigenvalue weighted by molar-refractivity contribution is 5.99. The lowest BCUT2D eigenvalue weighted by Crippen LogP contribution is -2.20. The SMILES string of the molecule is NCc1cccc(NC(=O)Nc2cnccn2)c1. The first-order chi connectivity index (χ1) is 8.78. The van der Waals surface area contributed by atoms with E-state index < -0.39 is 0 Å². The molecule has 4 N–H and O–H groups in total. The minimum atomic E-state index is -0.371. The Kier molecular flexibility index (Phi) is 3.83. The van der Waals surface area contributed by atoms with Crippen LogP contribution in [0.15, 0.2) is 42.9 Å². The molecule has 0 aliphatic rings. The second-order valence-corrected chi connectivity index (χ2v) is 3.57. The van der Waals surface area contributed by atoms with Gasteiger partial charge in [0.2, 0.25) is 0 Å². The Balaban J connectivity index is 1.99. The molecule has 2 rings (SSSR count). The smallest absolute Gasteiger partial charge is 0.324 e. The van der Waals surface area contributed by atoms with Gasteiger partial charge in [-0.2, -0.15) is 0 Å². The Morgan fingerprint density at radius 2 is 2.17 bits per heavy atom. The Labute approximate surface area is 104 Å². The van der Waals surface area contributed by atoms with Crippen LogP contribution in [-0.4, -0.2) is 16.0 Å². The summed E-state index contributed by atoms with van der Waals surface area (Å²) < 4.78 is 0. The molecule has 0 spiro atoms. The van der Waals surface area contributed by atoms with Crippen molar-refractivity contribution >= 4 is 17.5 Å². The second kappa shape index (κ2) is 5.74. The second-order valence-electron chi connectivity index (χ2n) is 3.57. The predicted octanol–water partition coefficient (Wildman–Crippen LogP) is 1.58. The molecule has 2 aromatic rings. The quantitative estimate of drug-likeness (QED) is 0.763. The third-order valence-corrected chi connectivity index (χ3v) is 2.23. The van der Waals surface area contributed by atoms with Gasteiger partial charge in [0.15, 0.2) is 5.82 Å².